The van der Waals surface area contributed by atoms with E-state index in [4.69, 9.17) is 9.47 Å². The van der Waals surface area contributed by atoms with Crippen molar-refractivity contribution < 1.29 is 27.8 Å². The van der Waals surface area contributed by atoms with Gasteiger partial charge in [-0.25, -0.2) is 13.2 Å². The number of sulfonamides is 1. The lowest BCUT2D eigenvalue weighted by Gasteiger charge is -2.24. The van der Waals surface area contributed by atoms with Crippen molar-refractivity contribution in [1.82, 2.24) is 0 Å². The molecule has 1 aliphatic heterocycles. The van der Waals surface area contributed by atoms with Gasteiger partial charge >= 0.3 is 5.97 Å². The Morgan fingerprint density at radius 3 is 2.48 bits per heavy atom. The monoisotopic (exact) mass is 481 g/mol. The Hall–Kier alpha value is -3.56. The normalized spacial score (nSPS) is 12.8. The first-order valence-electron chi connectivity index (χ1n) is 10.1. The van der Waals surface area contributed by atoms with E-state index < -0.39 is 16.0 Å². The van der Waals surface area contributed by atoms with Crippen LogP contribution in [0.5, 0.6) is 11.5 Å². The molecule has 0 spiro atoms. The molecule has 0 radical (unpaired) electrons. The van der Waals surface area contributed by atoms with Crippen LogP contribution in [0.3, 0.4) is 0 Å². The van der Waals surface area contributed by atoms with E-state index in [9.17, 15) is 18.3 Å². The maximum Gasteiger partial charge on any atom is 0.335 e. The van der Waals surface area contributed by atoms with Gasteiger partial charge in [-0.2, -0.15) is 0 Å². The van der Waals surface area contributed by atoms with Crippen LogP contribution in [-0.2, 0) is 16.6 Å². The summed E-state index contributed by atoms with van der Waals surface area (Å²) in [6.07, 6.45) is 0. The molecule has 4 aromatic rings. The first-order valence-corrected chi connectivity index (χ1v) is 12.3. The predicted octanol–water partition coefficient (Wildman–Crippen LogP) is 5.03. The maximum absolute atomic E-state index is 13.8. The van der Waals surface area contributed by atoms with Gasteiger partial charge in [-0.1, -0.05) is 24.3 Å². The van der Waals surface area contributed by atoms with Crippen LogP contribution in [0.15, 0.2) is 71.6 Å². The molecule has 1 aromatic heterocycles. The van der Waals surface area contributed by atoms with Crippen molar-refractivity contribution in [2.75, 3.05) is 11.1 Å². The highest BCUT2D eigenvalue weighted by Gasteiger charge is 2.29. The van der Waals surface area contributed by atoms with Gasteiger partial charge in [0.15, 0.2) is 11.5 Å². The fourth-order valence-electron chi connectivity index (χ4n) is 3.77. The molecule has 9 heteroatoms. The number of carboxylic acids is 1. The van der Waals surface area contributed by atoms with Crippen molar-refractivity contribution in [3.63, 3.8) is 0 Å². The quantitative estimate of drug-likeness (QED) is 0.415. The van der Waals surface area contributed by atoms with Crippen LogP contribution < -0.4 is 13.8 Å². The minimum Gasteiger partial charge on any atom is -0.478 e. The number of rotatable bonds is 6. The van der Waals surface area contributed by atoms with Crippen molar-refractivity contribution >= 4 is 42.4 Å². The molecule has 33 heavy (non-hydrogen) atoms. The second-order valence-corrected chi connectivity index (χ2v) is 10.5. The smallest absolute Gasteiger partial charge is 0.335 e. The number of thiophene rings is 1. The number of hydrogen-bond donors (Lipinski definition) is 1. The van der Waals surface area contributed by atoms with E-state index in [1.54, 1.807) is 12.1 Å². The Balaban J connectivity index is 1.63. The van der Waals surface area contributed by atoms with Crippen LogP contribution in [0.1, 0.15) is 21.5 Å². The van der Waals surface area contributed by atoms with Crippen LogP contribution in [0, 0.1) is 6.92 Å². The van der Waals surface area contributed by atoms with Gasteiger partial charge in [0.25, 0.3) is 10.0 Å². The summed E-state index contributed by atoms with van der Waals surface area (Å²) in [4.78, 5) is 11.2. The van der Waals surface area contributed by atoms with Crippen molar-refractivity contribution in [1.29, 1.82) is 0 Å². The van der Waals surface area contributed by atoms with Gasteiger partial charge in [0.1, 0.15) is 5.00 Å². The highest BCUT2D eigenvalue weighted by atomic mass is 32.2. The minimum absolute atomic E-state index is 0.0186. The van der Waals surface area contributed by atoms with Crippen molar-refractivity contribution in [2.45, 2.75) is 18.4 Å². The van der Waals surface area contributed by atoms with Crippen molar-refractivity contribution in [3.8, 4) is 11.5 Å². The first-order chi connectivity index (χ1) is 15.8. The Kier molecular flexibility index (Phi) is 5.22. The molecule has 7 nitrogen and oxygen atoms in total. The summed E-state index contributed by atoms with van der Waals surface area (Å²) in [6, 6.07) is 18.4. The molecule has 0 aliphatic carbocycles. The number of anilines is 1. The van der Waals surface area contributed by atoms with E-state index >= 15 is 0 Å². The molecule has 0 bridgehead atoms. The molecule has 5 rings (SSSR count). The Morgan fingerprint density at radius 1 is 1.03 bits per heavy atom. The van der Waals surface area contributed by atoms with Crippen LogP contribution in [0.25, 0.3) is 10.1 Å². The summed E-state index contributed by atoms with van der Waals surface area (Å²) in [5.74, 6) is 0.0793. The summed E-state index contributed by atoms with van der Waals surface area (Å²) >= 11 is 1.40. The van der Waals surface area contributed by atoms with Crippen molar-refractivity contribution in [3.05, 3.63) is 83.4 Å². The van der Waals surface area contributed by atoms with E-state index in [2.05, 4.69) is 0 Å². The van der Waals surface area contributed by atoms with Gasteiger partial charge in [-0.05, 0) is 65.9 Å². The molecular weight excluding hydrogens is 462 g/mol. The van der Waals surface area contributed by atoms with E-state index in [-0.39, 0.29) is 23.8 Å². The van der Waals surface area contributed by atoms with Crippen molar-refractivity contribution in [2.24, 2.45) is 0 Å². The third kappa shape index (κ3) is 3.79. The number of aromatic carboxylic acids is 1. The number of ether oxygens (including phenoxy) is 2. The van der Waals surface area contributed by atoms with Gasteiger partial charge in [-0.15, -0.1) is 11.3 Å². The largest absolute Gasteiger partial charge is 0.478 e. The van der Waals surface area contributed by atoms with Gasteiger partial charge in [0.05, 0.1) is 17.0 Å². The molecule has 0 amide bonds. The zero-order valence-electron chi connectivity index (χ0n) is 17.5. The van der Waals surface area contributed by atoms with Gasteiger partial charge < -0.3 is 14.6 Å². The van der Waals surface area contributed by atoms with E-state index in [1.807, 2.05) is 37.3 Å². The molecule has 0 unspecified atom stereocenters. The molecule has 0 fully saturated rings. The zero-order valence-corrected chi connectivity index (χ0v) is 19.2. The van der Waals surface area contributed by atoms with E-state index in [1.165, 1.54) is 39.9 Å². The van der Waals surface area contributed by atoms with Gasteiger partial charge in [0.2, 0.25) is 6.79 Å². The van der Waals surface area contributed by atoms with Gasteiger partial charge in [0, 0.05) is 4.70 Å². The number of nitrogens with zero attached hydrogens (tertiary/aromatic N) is 1. The number of benzene rings is 3. The highest BCUT2D eigenvalue weighted by Crippen LogP contribution is 2.41. The van der Waals surface area contributed by atoms with E-state index in [0.29, 0.717) is 16.5 Å². The SMILES string of the molecule is Cc1c(N(Cc2ccc3c(c2)OCO3)S(=O)(=O)c2ccc(C(=O)O)cc2)sc2ccccc12. The fraction of sp³-hybridized carbons (Fsp3) is 0.125. The predicted molar refractivity (Wildman–Crippen MR) is 126 cm³/mol. The minimum atomic E-state index is -4.00. The number of carbonyl (C=O) groups is 1. The molecule has 2 heterocycles. The lowest BCUT2D eigenvalue weighted by Crippen LogP contribution is -2.30. The summed E-state index contributed by atoms with van der Waals surface area (Å²) in [5, 5.41) is 10.8. The van der Waals surface area contributed by atoms with Crippen LogP contribution >= 0.6 is 11.3 Å². The van der Waals surface area contributed by atoms with E-state index in [0.717, 1.165) is 21.2 Å². The van der Waals surface area contributed by atoms with Crippen LogP contribution in [-0.4, -0.2) is 26.3 Å². The maximum atomic E-state index is 13.8. The van der Waals surface area contributed by atoms with Crippen LogP contribution in [0.2, 0.25) is 0 Å². The second-order valence-electron chi connectivity index (χ2n) is 7.56. The lowest BCUT2D eigenvalue weighted by atomic mass is 10.2. The topological polar surface area (TPSA) is 93.1 Å². The Labute approximate surface area is 194 Å². The fourth-order valence-corrected chi connectivity index (χ4v) is 6.70. The summed E-state index contributed by atoms with van der Waals surface area (Å²) in [7, 11) is -4.00. The number of carboxylic acid groups (broad SMARTS) is 1. The lowest BCUT2D eigenvalue weighted by molar-refractivity contribution is 0.0696. The first kappa shape index (κ1) is 21.3. The molecule has 1 aliphatic rings. The molecule has 0 saturated carbocycles. The molecule has 168 valence electrons. The highest BCUT2D eigenvalue weighted by molar-refractivity contribution is 7.93. The standard InChI is InChI=1S/C24H19NO6S2/c1-15-19-4-2-3-5-22(19)32-23(15)25(13-16-6-11-20-21(12-16)31-14-30-20)33(28,29)18-9-7-17(8-10-18)24(26)27/h2-12H,13-14H2,1H3,(H,26,27). The Morgan fingerprint density at radius 2 is 1.76 bits per heavy atom. The summed E-state index contributed by atoms with van der Waals surface area (Å²) in [5.41, 5.74) is 1.62. The van der Waals surface area contributed by atoms with Gasteiger partial charge in [-0.3, -0.25) is 4.31 Å². The number of aryl methyl sites for hydroxylation is 1. The third-order valence-electron chi connectivity index (χ3n) is 5.50. The zero-order chi connectivity index (χ0) is 23.2. The Bertz CT molecular complexity index is 1470. The number of fused-ring (bicyclic) bond motifs is 2. The summed E-state index contributed by atoms with van der Waals surface area (Å²) < 4.78 is 40.8. The summed E-state index contributed by atoms with van der Waals surface area (Å²) in [6.45, 7) is 2.11. The molecule has 0 atom stereocenters. The third-order valence-corrected chi connectivity index (χ3v) is 8.67. The molecule has 3 aromatic carbocycles. The number of hydrogen-bond acceptors (Lipinski definition) is 6. The second kappa shape index (κ2) is 8.09. The molecular formula is C24H19NO6S2. The average molecular weight is 482 g/mol. The molecule has 1 N–H and O–H groups in total. The average Bonchev–Trinajstić information content (AvgIpc) is 3.41. The van der Waals surface area contributed by atoms with Crippen LogP contribution in [0.4, 0.5) is 5.00 Å². The molecule has 0 saturated heterocycles.